The number of alkyl halides is 3. The summed E-state index contributed by atoms with van der Waals surface area (Å²) in [7, 11) is 1.63. The molecule has 0 aromatic heterocycles. The maximum Gasteiger partial charge on any atom is 0.419 e. The summed E-state index contributed by atoms with van der Waals surface area (Å²) < 4.78 is 49.3. The molecule has 1 N–H and O–H groups in total. The summed E-state index contributed by atoms with van der Waals surface area (Å²) in [6, 6.07) is 2.89. The molecule has 0 atom stereocenters. The quantitative estimate of drug-likeness (QED) is 0.735. The van der Waals surface area contributed by atoms with Gasteiger partial charge in [-0.15, -0.1) is 0 Å². The number of rotatable bonds is 2. The molecule has 0 spiro atoms. The van der Waals surface area contributed by atoms with Crippen LogP contribution in [0.25, 0.3) is 0 Å². The van der Waals surface area contributed by atoms with Crippen LogP contribution in [0.2, 0.25) is 0 Å². The van der Waals surface area contributed by atoms with Crippen molar-refractivity contribution in [3.63, 3.8) is 0 Å². The number of hydrogen-bond acceptors (Lipinski definition) is 1. The second-order valence-electron chi connectivity index (χ2n) is 2.84. The Bertz CT molecular complexity index is 319. The van der Waals surface area contributed by atoms with E-state index in [0.717, 1.165) is 12.1 Å². The van der Waals surface area contributed by atoms with Gasteiger partial charge < -0.3 is 5.32 Å². The molecule has 0 fully saturated rings. The summed E-state index contributed by atoms with van der Waals surface area (Å²) in [5.41, 5.74) is -0.740. The van der Waals surface area contributed by atoms with Gasteiger partial charge in [0.25, 0.3) is 0 Å². The molecule has 1 rings (SSSR count). The molecule has 0 aliphatic carbocycles. The Morgan fingerprint density at radius 1 is 1.29 bits per heavy atom. The molecule has 0 amide bonds. The Morgan fingerprint density at radius 2 is 1.93 bits per heavy atom. The van der Waals surface area contributed by atoms with Crippen LogP contribution in [-0.4, -0.2) is 7.05 Å². The summed E-state index contributed by atoms with van der Waals surface area (Å²) in [6.45, 7) is 0.342. The van der Waals surface area contributed by atoms with Crippen LogP contribution in [0, 0.1) is 5.82 Å². The maximum atomic E-state index is 12.9. The zero-order valence-electron chi connectivity index (χ0n) is 7.45. The lowest BCUT2D eigenvalue weighted by Crippen LogP contribution is -2.10. The van der Waals surface area contributed by atoms with Crippen molar-refractivity contribution >= 4 is 0 Å². The maximum absolute atomic E-state index is 12.9. The molecular formula is C9H9F4N. The Morgan fingerprint density at radius 3 is 2.36 bits per heavy atom. The van der Waals surface area contributed by atoms with E-state index < -0.39 is 17.6 Å². The predicted molar refractivity (Wildman–Crippen MR) is 44.2 cm³/mol. The van der Waals surface area contributed by atoms with E-state index in [4.69, 9.17) is 0 Å². The Hall–Kier alpha value is -1.10. The van der Waals surface area contributed by atoms with Gasteiger partial charge in [-0.1, -0.05) is 6.07 Å². The van der Waals surface area contributed by atoms with Gasteiger partial charge in [0.05, 0.1) is 5.56 Å². The fourth-order valence-corrected chi connectivity index (χ4v) is 1.10. The van der Waals surface area contributed by atoms with Crippen LogP contribution in [0.5, 0.6) is 0 Å². The van der Waals surface area contributed by atoms with Crippen LogP contribution in [0.4, 0.5) is 17.6 Å². The lowest BCUT2D eigenvalue weighted by atomic mass is 10.1. The van der Waals surface area contributed by atoms with Gasteiger partial charge in [0, 0.05) is 6.54 Å². The predicted octanol–water partition coefficient (Wildman–Crippen LogP) is 2.56. The molecule has 14 heavy (non-hydrogen) atoms. The molecule has 0 saturated carbocycles. The Balaban J connectivity index is 3.02. The smallest absolute Gasteiger partial charge is 0.316 e. The third-order valence-electron chi connectivity index (χ3n) is 1.72. The number of benzene rings is 1. The number of hydrogen-bond donors (Lipinski definition) is 1. The van der Waals surface area contributed by atoms with Gasteiger partial charge in [0.15, 0.2) is 0 Å². The molecule has 0 unspecified atom stereocenters. The van der Waals surface area contributed by atoms with Gasteiger partial charge >= 0.3 is 6.18 Å². The van der Waals surface area contributed by atoms with Crippen LogP contribution in [0.15, 0.2) is 18.2 Å². The largest absolute Gasteiger partial charge is 0.419 e. The van der Waals surface area contributed by atoms with Gasteiger partial charge in [-0.3, -0.25) is 0 Å². The van der Waals surface area contributed by atoms with Crippen molar-refractivity contribution in [3.8, 4) is 0 Å². The van der Waals surface area contributed by atoms with Crippen molar-refractivity contribution < 1.29 is 17.6 Å². The lowest BCUT2D eigenvalue weighted by molar-refractivity contribution is -0.140. The average molecular weight is 207 g/mol. The van der Waals surface area contributed by atoms with E-state index in [1.54, 1.807) is 7.05 Å². The van der Waals surface area contributed by atoms with E-state index in [9.17, 15) is 17.6 Å². The first-order chi connectivity index (χ1) is 6.45. The molecule has 1 aromatic rings. The van der Waals surface area contributed by atoms with Crippen LogP contribution in [0.1, 0.15) is 11.1 Å². The highest BCUT2D eigenvalue weighted by Gasteiger charge is 2.33. The molecule has 0 aliphatic rings. The summed E-state index contributed by atoms with van der Waals surface area (Å²) in [4.78, 5) is 0. The van der Waals surface area contributed by atoms with Gasteiger partial charge in [-0.05, 0) is 24.7 Å². The van der Waals surface area contributed by atoms with Crippen LogP contribution in [-0.2, 0) is 12.7 Å². The van der Waals surface area contributed by atoms with E-state index in [0.29, 0.717) is 12.1 Å². The number of halogens is 4. The van der Waals surface area contributed by atoms with Crippen molar-refractivity contribution in [3.05, 3.63) is 35.1 Å². The van der Waals surface area contributed by atoms with Crippen LogP contribution in [0.3, 0.4) is 0 Å². The third-order valence-corrected chi connectivity index (χ3v) is 1.72. The highest BCUT2D eigenvalue weighted by atomic mass is 19.4. The highest BCUT2D eigenvalue weighted by molar-refractivity contribution is 5.26. The van der Waals surface area contributed by atoms with Gasteiger partial charge in [0.2, 0.25) is 0 Å². The Labute approximate surface area is 78.7 Å². The van der Waals surface area contributed by atoms with E-state index in [-0.39, 0.29) is 0 Å². The molecule has 1 nitrogen and oxygen atoms in total. The first kappa shape index (κ1) is 11.0. The molecule has 0 heterocycles. The molecule has 0 aliphatic heterocycles. The normalized spacial score (nSPS) is 11.8. The van der Waals surface area contributed by atoms with E-state index >= 15 is 0 Å². The second kappa shape index (κ2) is 3.96. The molecule has 5 heteroatoms. The zero-order chi connectivity index (χ0) is 10.8. The van der Waals surface area contributed by atoms with Crippen molar-refractivity contribution in [2.24, 2.45) is 0 Å². The van der Waals surface area contributed by atoms with Gasteiger partial charge in [0.1, 0.15) is 5.82 Å². The first-order valence-corrected chi connectivity index (χ1v) is 3.95. The third kappa shape index (κ3) is 2.45. The van der Waals surface area contributed by atoms with Crippen molar-refractivity contribution in [2.45, 2.75) is 12.7 Å². The fourth-order valence-electron chi connectivity index (χ4n) is 1.10. The highest BCUT2D eigenvalue weighted by Crippen LogP contribution is 2.31. The minimum absolute atomic E-state index is 0.342. The second-order valence-corrected chi connectivity index (χ2v) is 2.84. The zero-order valence-corrected chi connectivity index (χ0v) is 7.45. The molecule has 1 aromatic carbocycles. The van der Waals surface area contributed by atoms with Crippen LogP contribution < -0.4 is 5.32 Å². The summed E-state index contributed by atoms with van der Waals surface area (Å²) in [5.74, 6) is -1.23. The SMILES string of the molecule is CNCc1ccc(C(F)(F)F)c(F)c1. The summed E-state index contributed by atoms with van der Waals surface area (Å²) in [5, 5.41) is 2.72. The lowest BCUT2D eigenvalue weighted by Gasteiger charge is -2.08. The molecule has 0 radical (unpaired) electrons. The average Bonchev–Trinajstić information content (AvgIpc) is 2.02. The monoisotopic (exact) mass is 207 g/mol. The Kier molecular flexibility index (Phi) is 3.10. The molecule has 0 bridgehead atoms. The number of nitrogens with one attached hydrogen (secondary N) is 1. The van der Waals surface area contributed by atoms with Gasteiger partial charge in [-0.25, -0.2) is 4.39 Å². The minimum Gasteiger partial charge on any atom is -0.316 e. The van der Waals surface area contributed by atoms with Crippen molar-refractivity contribution in [2.75, 3.05) is 7.05 Å². The minimum atomic E-state index is -4.62. The summed E-state index contributed by atoms with van der Waals surface area (Å²) >= 11 is 0. The van der Waals surface area contributed by atoms with E-state index in [2.05, 4.69) is 5.32 Å². The van der Waals surface area contributed by atoms with E-state index in [1.165, 1.54) is 6.07 Å². The van der Waals surface area contributed by atoms with Gasteiger partial charge in [-0.2, -0.15) is 13.2 Å². The molecular weight excluding hydrogens is 198 g/mol. The standard InChI is InChI=1S/C9H9F4N/c1-14-5-6-2-3-7(8(10)4-6)9(11,12)13/h2-4,14H,5H2,1H3. The topological polar surface area (TPSA) is 12.0 Å². The first-order valence-electron chi connectivity index (χ1n) is 3.95. The van der Waals surface area contributed by atoms with E-state index in [1.807, 2.05) is 0 Å². The molecule has 78 valence electrons. The van der Waals surface area contributed by atoms with Crippen LogP contribution >= 0.6 is 0 Å². The fraction of sp³-hybridized carbons (Fsp3) is 0.333. The molecule has 0 saturated heterocycles. The van der Waals surface area contributed by atoms with Crippen molar-refractivity contribution in [1.29, 1.82) is 0 Å². The summed E-state index contributed by atoms with van der Waals surface area (Å²) in [6.07, 6.45) is -4.62. The van der Waals surface area contributed by atoms with Crippen molar-refractivity contribution in [1.82, 2.24) is 5.32 Å².